The van der Waals surface area contributed by atoms with Crippen molar-refractivity contribution < 1.29 is 9.84 Å². The van der Waals surface area contributed by atoms with E-state index in [0.29, 0.717) is 0 Å². The van der Waals surface area contributed by atoms with Crippen LogP contribution in [0, 0.1) is 0 Å². The van der Waals surface area contributed by atoms with E-state index in [2.05, 4.69) is 24.8 Å². The van der Waals surface area contributed by atoms with Crippen LogP contribution in [0.1, 0.15) is 25.0 Å². The summed E-state index contributed by atoms with van der Waals surface area (Å²) in [5.41, 5.74) is 2.07. The molecule has 3 heteroatoms. The second-order valence-corrected chi connectivity index (χ2v) is 4.86. The van der Waals surface area contributed by atoms with Gasteiger partial charge in [-0.2, -0.15) is 0 Å². The maximum atomic E-state index is 11.1. The van der Waals surface area contributed by atoms with E-state index in [-0.39, 0.29) is 18.8 Å². The molecule has 0 bridgehead atoms. The Kier molecular flexibility index (Phi) is 4.15. The van der Waals surface area contributed by atoms with Gasteiger partial charge in [0.05, 0.1) is 12.2 Å². The Morgan fingerprint density at radius 1 is 1.18 bits per heavy atom. The Morgan fingerprint density at radius 3 is 2.35 bits per heavy atom. The monoisotopic (exact) mass is 234 g/mol. The van der Waals surface area contributed by atoms with Gasteiger partial charge in [-0.05, 0) is 25.0 Å². The van der Waals surface area contributed by atoms with Crippen LogP contribution in [0.4, 0.5) is 0 Å². The summed E-state index contributed by atoms with van der Waals surface area (Å²) in [6.07, 6.45) is 0.552. The molecule has 0 amide bonds. The van der Waals surface area contributed by atoms with Crippen molar-refractivity contribution >= 4 is 0 Å². The predicted octanol–water partition coefficient (Wildman–Crippen LogP) is 2.23. The second-order valence-electron chi connectivity index (χ2n) is 4.86. The van der Waals surface area contributed by atoms with Crippen molar-refractivity contribution in [2.24, 2.45) is 0 Å². The summed E-state index contributed by atoms with van der Waals surface area (Å²) >= 11 is 0. The molecule has 0 N–H and O–H groups in total. The minimum absolute atomic E-state index is 0.133. The largest absolute Gasteiger partial charge is 0.373 e. The number of nitrogens with zero attached hydrogens (tertiary/aromatic N) is 1. The van der Waals surface area contributed by atoms with Gasteiger partial charge in [0.2, 0.25) is 0 Å². The van der Waals surface area contributed by atoms with Gasteiger partial charge in [0.25, 0.3) is 0 Å². The molecule has 1 heterocycles. The van der Waals surface area contributed by atoms with Gasteiger partial charge in [-0.15, -0.1) is 0 Å². The van der Waals surface area contributed by atoms with Gasteiger partial charge in [-0.1, -0.05) is 24.3 Å². The van der Waals surface area contributed by atoms with Crippen molar-refractivity contribution in [3.8, 4) is 0 Å². The molecule has 0 aliphatic carbocycles. The first-order chi connectivity index (χ1) is 8.19. The topological polar surface area (TPSA) is 32.4 Å². The van der Waals surface area contributed by atoms with E-state index in [1.54, 1.807) is 0 Å². The number of rotatable bonds is 3. The molecule has 1 radical (unpaired) electrons. The third kappa shape index (κ3) is 3.28. The Bertz CT molecular complexity index is 357. The van der Waals surface area contributed by atoms with Crippen LogP contribution in [-0.2, 0) is 23.0 Å². The maximum Gasteiger partial charge on any atom is 0.108 e. The Morgan fingerprint density at radius 2 is 1.76 bits per heavy atom. The Balaban J connectivity index is 2.04. The highest BCUT2D eigenvalue weighted by molar-refractivity contribution is 5.26. The van der Waals surface area contributed by atoms with Crippen LogP contribution in [0.3, 0.4) is 0 Å². The summed E-state index contributed by atoms with van der Waals surface area (Å²) in [7, 11) is 0. The molecule has 17 heavy (non-hydrogen) atoms. The zero-order valence-corrected chi connectivity index (χ0v) is 10.6. The predicted molar refractivity (Wildman–Crippen MR) is 66.1 cm³/mol. The fourth-order valence-corrected chi connectivity index (χ4v) is 2.51. The molecule has 2 atom stereocenters. The molecule has 1 aromatic rings. The second kappa shape index (κ2) is 5.63. The lowest BCUT2D eigenvalue weighted by Gasteiger charge is -2.35. The van der Waals surface area contributed by atoms with Crippen LogP contribution in [-0.4, -0.2) is 30.2 Å². The molecule has 0 aromatic heterocycles. The van der Waals surface area contributed by atoms with Crippen LogP contribution >= 0.6 is 0 Å². The number of benzene rings is 1. The average Bonchev–Trinajstić information content (AvgIpc) is 2.28. The fourth-order valence-electron chi connectivity index (χ4n) is 2.51. The molecule has 1 aliphatic rings. The van der Waals surface area contributed by atoms with Crippen molar-refractivity contribution in [2.45, 2.75) is 39.2 Å². The first-order valence-corrected chi connectivity index (χ1v) is 6.21. The third-order valence-electron chi connectivity index (χ3n) is 3.16. The highest BCUT2D eigenvalue weighted by Crippen LogP contribution is 2.16. The lowest BCUT2D eigenvalue weighted by Crippen LogP contribution is -2.44. The van der Waals surface area contributed by atoms with Crippen molar-refractivity contribution in [1.82, 2.24) is 4.90 Å². The molecule has 1 aliphatic heterocycles. The quantitative estimate of drug-likeness (QED) is 0.803. The van der Waals surface area contributed by atoms with E-state index in [0.717, 1.165) is 30.8 Å². The first-order valence-electron chi connectivity index (χ1n) is 6.21. The van der Waals surface area contributed by atoms with E-state index < -0.39 is 0 Å². The van der Waals surface area contributed by atoms with Gasteiger partial charge in [0.15, 0.2) is 0 Å². The zero-order chi connectivity index (χ0) is 12.3. The average molecular weight is 234 g/mol. The van der Waals surface area contributed by atoms with Gasteiger partial charge in [0, 0.05) is 19.6 Å². The molecule has 1 fully saturated rings. The molecule has 2 rings (SSSR count). The maximum absolute atomic E-state index is 11.1. The number of hydrogen-bond donors (Lipinski definition) is 0. The molecular weight excluding hydrogens is 214 g/mol. The summed E-state index contributed by atoms with van der Waals surface area (Å²) in [5, 5.41) is 11.1. The van der Waals surface area contributed by atoms with E-state index in [1.807, 2.05) is 18.2 Å². The molecule has 3 nitrogen and oxygen atoms in total. The summed E-state index contributed by atoms with van der Waals surface area (Å²) < 4.78 is 5.71. The molecular formula is C14H20NO2. The van der Waals surface area contributed by atoms with Gasteiger partial charge >= 0.3 is 0 Å². The highest BCUT2D eigenvalue weighted by Gasteiger charge is 2.22. The van der Waals surface area contributed by atoms with Crippen molar-refractivity contribution in [1.29, 1.82) is 0 Å². The minimum atomic E-state index is -0.133. The van der Waals surface area contributed by atoms with Crippen LogP contribution in [0.15, 0.2) is 24.3 Å². The molecule has 1 saturated heterocycles. The smallest absolute Gasteiger partial charge is 0.108 e. The van der Waals surface area contributed by atoms with Crippen molar-refractivity contribution in [2.75, 3.05) is 13.1 Å². The number of hydrogen-bond acceptors (Lipinski definition) is 2. The van der Waals surface area contributed by atoms with Gasteiger partial charge in [-0.25, -0.2) is 5.11 Å². The normalized spacial score (nSPS) is 26.1. The summed E-state index contributed by atoms with van der Waals surface area (Å²) in [6.45, 7) is 6.81. The molecule has 0 spiro atoms. The van der Waals surface area contributed by atoms with E-state index >= 15 is 0 Å². The molecule has 93 valence electrons. The first kappa shape index (κ1) is 12.6. The highest BCUT2D eigenvalue weighted by atomic mass is 16.5. The SMILES string of the molecule is CC1CN(Cc2ccccc2C[O])CC(C)O1. The molecule has 0 saturated carbocycles. The minimum Gasteiger partial charge on any atom is -0.373 e. The molecule has 2 unspecified atom stereocenters. The Hall–Kier alpha value is -0.900. The van der Waals surface area contributed by atoms with Crippen molar-refractivity contribution in [3.05, 3.63) is 35.4 Å². The van der Waals surface area contributed by atoms with Crippen LogP contribution < -0.4 is 0 Å². The number of ether oxygens (including phenoxy) is 1. The van der Waals surface area contributed by atoms with Crippen molar-refractivity contribution in [3.63, 3.8) is 0 Å². The van der Waals surface area contributed by atoms with E-state index in [1.165, 1.54) is 0 Å². The van der Waals surface area contributed by atoms with Gasteiger partial charge < -0.3 is 4.74 Å². The van der Waals surface area contributed by atoms with Crippen LogP contribution in [0.25, 0.3) is 0 Å². The van der Waals surface area contributed by atoms with Gasteiger partial charge in [-0.3, -0.25) is 4.90 Å². The number of morpholine rings is 1. The molecule has 1 aromatic carbocycles. The Labute approximate surface area is 103 Å². The zero-order valence-electron chi connectivity index (χ0n) is 10.6. The summed E-state index contributed by atoms with van der Waals surface area (Å²) in [5.74, 6) is 0. The van der Waals surface area contributed by atoms with E-state index in [9.17, 15) is 5.11 Å². The van der Waals surface area contributed by atoms with E-state index in [4.69, 9.17) is 4.74 Å². The third-order valence-corrected chi connectivity index (χ3v) is 3.16. The summed E-state index contributed by atoms with van der Waals surface area (Å²) in [4.78, 5) is 2.37. The van der Waals surface area contributed by atoms with Crippen LogP contribution in [0.5, 0.6) is 0 Å². The fraction of sp³-hybridized carbons (Fsp3) is 0.571. The lowest BCUT2D eigenvalue weighted by atomic mass is 10.1. The lowest BCUT2D eigenvalue weighted by molar-refractivity contribution is -0.0706. The van der Waals surface area contributed by atoms with Crippen LogP contribution in [0.2, 0.25) is 0 Å². The van der Waals surface area contributed by atoms with Gasteiger partial charge in [0.1, 0.15) is 6.61 Å². The standard InChI is InChI=1S/C14H20NO2/c1-11-7-15(8-12(2)17-11)9-13-5-3-4-6-14(13)10-16/h3-6,11-12H,7-10H2,1-2H3. The summed E-state index contributed by atoms with van der Waals surface area (Å²) in [6, 6.07) is 7.91.